The van der Waals surface area contributed by atoms with E-state index in [2.05, 4.69) is 22.6 Å². The van der Waals surface area contributed by atoms with Crippen molar-refractivity contribution in [3.05, 3.63) is 0 Å². The van der Waals surface area contributed by atoms with Gasteiger partial charge in [0.15, 0.2) is 0 Å². The van der Waals surface area contributed by atoms with Gasteiger partial charge in [-0.25, -0.2) is 0 Å². The molecule has 1 unspecified atom stereocenters. The highest BCUT2D eigenvalue weighted by Crippen LogP contribution is 2.38. The van der Waals surface area contributed by atoms with Crippen LogP contribution in [0.1, 0.15) is 20.8 Å². The molecular weight excluding hydrogens is 358 g/mol. The molecule has 0 aliphatic heterocycles. The van der Waals surface area contributed by atoms with E-state index in [0.29, 0.717) is 0 Å². The number of hydrogen-bond acceptors (Lipinski definition) is 1. The summed E-state index contributed by atoms with van der Waals surface area (Å²) in [5.74, 6) is -0.757. The van der Waals surface area contributed by atoms with Crippen molar-refractivity contribution in [2.24, 2.45) is 0 Å². The summed E-state index contributed by atoms with van der Waals surface area (Å²) < 4.78 is -0.914. The highest BCUT2D eigenvalue weighted by molar-refractivity contribution is 14.1. The second kappa shape index (κ2) is 3.12. The predicted octanol–water partition coefficient (Wildman–Crippen LogP) is 2.48. The van der Waals surface area contributed by atoms with Gasteiger partial charge in [0.2, 0.25) is 0 Å². The number of halogens is 2. The largest absolute Gasteiger partial charge is 0.480 e. The van der Waals surface area contributed by atoms with Crippen molar-refractivity contribution < 1.29 is 9.90 Å². The summed E-state index contributed by atoms with van der Waals surface area (Å²) in [7, 11) is 0. The zero-order valence-electron chi connectivity index (χ0n) is 6.11. The minimum Gasteiger partial charge on any atom is -0.480 e. The number of carboxylic acid groups (broad SMARTS) is 1. The first-order chi connectivity index (χ1) is 4.19. The molecule has 0 heterocycles. The molecule has 0 aromatic heterocycles. The highest BCUT2D eigenvalue weighted by atomic mass is 127. The Labute approximate surface area is 88.0 Å². The van der Waals surface area contributed by atoms with Crippen LogP contribution in [0.25, 0.3) is 0 Å². The van der Waals surface area contributed by atoms with Crippen molar-refractivity contribution in [1.82, 2.24) is 0 Å². The highest BCUT2D eigenvalue weighted by Gasteiger charge is 2.43. The molecule has 60 valence electrons. The summed E-state index contributed by atoms with van der Waals surface area (Å²) in [4.78, 5) is 10.7. The van der Waals surface area contributed by atoms with Crippen LogP contribution in [-0.4, -0.2) is 17.9 Å². The second-order valence-electron chi connectivity index (χ2n) is 2.78. The third-order valence-electron chi connectivity index (χ3n) is 1.52. The average molecular weight is 368 g/mol. The van der Waals surface area contributed by atoms with Crippen molar-refractivity contribution in [1.29, 1.82) is 0 Å². The smallest absolute Gasteiger partial charge is 0.320 e. The van der Waals surface area contributed by atoms with Gasteiger partial charge in [-0.3, -0.25) is 4.79 Å². The van der Waals surface area contributed by atoms with Crippen molar-refractivity contribution in [2.75, 3.05) is 0 Å². The van der Waals surface area contributed by atoms with E-state index >= 15 is 0 Å². The van der Waals surface area contributed by atoms with E-state index in [1.807, 2.05) is 36.4 Å². The first-order valence-electron chi connectivity index (χ1n) is 2.81. The number of carboxylic acids is 1. The van der Waals surface area contributed by atoms with Crippen LogP contribution in [0.3, 0.4) is 0 Å². The molecule has 0 bridgehead atoms. The van der Waals surface area contributed by atoms with Crippen LogP contribution >= 0.6 is 45.2 Å². The minimum atomic E-state index is -0.757. The first kappa shape index (κ1) is 10.9. The van der Waals surface area contributed by atoms with Gasteiger partial charge in [-0.2, -0.15) is 0 Å². The summed E-state index contributed by atoms with van der Waals surface area (Å²) >= 11 is 4.11. The Morgan fingerprint density at radius 2 is 1.60 bits per heavy atom. The molecule has 0 aromatic carbocycles. The first-order valence-corrected chi connectivity index (χ1v) is 4.96. The normalized spacial score (nSPS) is 18.1. The Morgan fingerprint density at radius 3 is 1.60 bits per heavy atom. The van der Waals surface area contributed by atoms with Gasteiger partial charge < -0.3 is 5.11 Å². The molecule has 0 saturated heterocycles. The summed E-state index contributed by atoms with van der Waals surface area (Å²) in [6.45, 7) is 5.55. The maximum absolute atomic E-state index is 10.7. The van der Waals surface area contributed by atoms with Gasteiger partial charge in [-0.1, -0.05) is 45.2 Å². The molecule has 1 atom stereocenters. The number of rotatable bonds is 2. The molecule has 0 saturated carbocycles. The quantitative estimate of drug-likeness (QED) is 0.601. The van der Waals surface area contributed by atoms with Crippen LogP contribution in [0.4, 0.5) is 0 Å². The molecule has 0 aliphatic rings. The summed E-state index contributed by atoms with van der Waals surface area (Å²) in [5, 5.41) is 8.76. The lowest BCUT2D eigenvalue weighted by Crippen LogP contribution is -2.44. The van der Waals surface area contributed by atoms with Gasteiger partial charge in [0.25, 0.3) is 0 Å². The number of alkyl halides is 2. The standard InChI is InChI=1S/C6H10I2O2/c1-5(2,7)6(3,8)4(9)10/h1-3H3,(H,9,10). The molecule has 10 heavy (non-hydrogen) atoms. The summed E-state index contributed by atoms with van der Waals surface area (Å²) in [5.41, 5.74) is 0. The van der Waals surface area contributed by atoms with Gasteiger partial charge in [0.1, 0.15) is 3.42 Å². The van der Waals surface area contributed by atoms with Gasteiger partial charge >= 0.3 is 5.97 Å². The van der Waals surface area contributed by atoms with Crippen molar-refractivity contribution in [2.45, 2.75) is 27.6 Å². The zero-order chi connectivity index (χ0) is 8.58. The predicted molar refractivity (Wildman–Crippen MR) is 58.2 cm³/mol. The van der Waals surface area contributed by atoms with Crippen LogP contribution in [0.5, 0.6) is 0 Å². The molecule has 0 radical (unpaired) electrons. The molecule has 2 nitrogen and oxygen atoms in total. The fraction of sp³-hybridized carbons (Fsp3) is 0.833. The maximum Gasteiger partial charge on any atom is 0.320 e. The second-order valence-corrected chi connectivity index (χ2v) is 7.63. The SMILES string of the molecule is CC(C)(I)C(C)(I)C(=O)O. The lowest BCUT2D eigenvalue weighted by molar-refractivity contribution is -0.139. The van der Waals surface area contributed by atoms with Crippen LogP contribution in [-0.2, 0) is 4.79 Å². The third kappa shape index (κ3) is 2.21. The number of carbonyl (C=O) groups is 1. The van der Waals surface area contributed by atoms with E-state index in [1.165, 1.54) is 0 Å². The van der Waals surface area contributed by atoms with E-state index in [4.69, 9.17) is 5.11 Å². The number of aliphatic carboxylic acids is 1. The number of hydrogen-bond donors (Lipinski definition) is 1. The fourth-order valence-electron chi connectivity index (χ4n) is 0.254. The molecule has 0 fully saturated rings. The van der Waals surface area contributed by atoms with Crippen molar-refractivity contribution >= 4 is 51.2 Å². The molecule has 1 N–H and O–H groups in total. The molecule has 0 spiro atoms. The summed E-state index contributed by atoms with van der Waals surface area (Å²) in [6, 6.07) is 0. The summed E-state index contributed by atoms with van der Waals surface area (Å²) in [6.07, 6.45) is 0. The lowest BCUT2D eigenvalue weighted by Gasteiger charge is -2.30. The van der Waals surface area contributed by atoms with Gasteiger partial charge in [-0.15, -0.1) is 0 Å². The Balaban J connectivity index is 4.57. The van der Waals surface area contributed by atoms with Gasteiger partial charge in [0, 0.05) is 3.42 Å². The van der Waals surface area contributed by atoms with Crippen LogP contribution in [0.2, 0.25) is 0 Å². The lowest BCUT2D eigenvalue weighted by atomic mass is 9.98. The van der Waals surface area contributed by atoms with Crippen molar-refractivity contribution in [3.8, 4) is 0 Å². The van der Waals surface area contributed by atoms with Crippen LogP contribution in [0.15, 0.2) is 0 Å². The van der Waals surface area contributed by atoms with Crippen LogP contribution in [0, 0.1) is 0 Å². The maximum atomic E-state index is 10.7. The minimum absolute atomic E-state index is 0.225. The van der Waals surface area contributed by atoms with Crippen LogP contribution < -0.4 is 0 Å². The van der Waals surface area contributed by atoms with E-state index in [1.54, 1.807) is 6.92 Å². The molecule has 0 amide bonds. The van der Waals surface area contributed by atoms with Gasteiger partial charge in [-0.05, 0) is 20.8 Å². The van der Waals surface area contributed by atoms with E-state index in [9.17, 15) is 4.79 Å². The molecular formula is C6H10I2O2. The van der Waals surface area contributed by atoms with E-state index in [-0.39, 0.29) is 3.42 Å². The fourth-order valence-corrected chi connectivity index (χ4v) is 0.485. The molecule has 0 rings (SSSR count). The Kier molecular flexibility index (Phi) is 3.41. The third-order valence-corrected chi connectivity index (χ3v) is 5.44. The Hall–Kier alpha value is 0.930. The average Bonchev–Trinajstić information content (AvgIpc) is 1.62. The molecule has 0 aliphatic carbocycles. The molecule has 4 heteroatoms. The van der Waals surface area contributed by atoms with E-state index in [0.717, 1.165) is 0 Å². The Bertz CT molecular complexity index is 146. The van der Waals surface area contributed by atoms with Crippen molar-refractivity contribution in [3.63, 3.8) is 0 Å². The molecule has 0 aromatic rings. The van der Waals surface area contributed by atoms with E-state index < -0.39 is 9.39 Å². The zero-order valence-corrected chi connectivity index (χ0v) is 10.4. The Morgan fingerprint density at radius 1 is 1.30 bits per heavy atom. The monoisotopic (exact) mass is 368 g/mol. The topological polar surface area (TPSA) is 37.3 Å². The van der Waals surface area contributed by atoms with Gasteiger partial charge in [0.05, 0.1) is 0 Å².